The number of fused-ring (bicyclic) bond motifs is 1. The van der Waals surface area contributed by atoms with Crippen LogP contribution in [0.5, 0.6) is 5.75 Å². The number of carbonyl (C=O) groups excluding carboxylic acids is 1. The van der Waals surface area contributed by atoms with Gasteiger partial charge in [-0.1, -0.05) is 29.8 Å². The third-order valence-electron chi connectivity index (χ3n) is 6.53. The summed E-state index contributed by atoms with van der Waals surface area (Å²) in [5, 5.41) is 24.2. The monoisotopic (exact) mass is 519 g/mol. The summed E-state index contributed by atoms with van der Waals surface area (Å²) in [7, 11) is 3.81. The maximum absolute atomic E-state index is 14.2. The van der Waals surface area contributed by atoms with Gasteiger partial charge in [-0.05, 0) is 80.0 Å². The highest BCUT2D eigenvalue weighted by Gasteiger charge is 2.32. The van der Waals surface area contributed by atoms with Gasteiger partial charge in [-0.2, -0.15) is 0 Å². The van der Waals surface area contributed by atoms with Crippen LogP contribution in [0.4, 0.5) is 15.8 Å². The summed E-state index contributed by atoms with van der Waals surface area (Å²) in [6, 6.07) is 15.6. The topological polar surface area (TPSA) is 85.7 Å². The van der Waals surface area contributed by atoms with Crippen LogP contribution in [0.25, 0.3) is 22.0 Å². The highest BCUT2D eigenvalue weighted by Crippen LogP contribution is 2.39. The second-order valence-electron chi connectivity index (χ2n) is 9.73. The van der Waals surface area contributed by atoms with E-state index in [-0.39, 0.29) is 16.7 Å². The van der Waals surface area contributed by atoms with Crippen molar-refractivity contribution in [1.82, 2.24) is 9.88 Å². The number of aliphatic hydroxyl groups is 1. The van der Waals surface area contributed by atoms with Gasteiger partial charge in [-0.3, -0.25) is 9.78 Å². The van der Waals surface area contributed by atoms with Crippen molar-refractivity contribution in [3.8, 4) is 16.9 Å². The summed E-state index contributed by atoms with van der Waals surface area (Å²) in [5.41, 5.74) is 4.49. The van der Waals surface area contributed by atoms with E-state index in [0.29, 0.717) is 39.8 Å². The Morgan fingerprint density at radius 1 is 1.14 bits per heavy atom. The molecule has 0 spiro atoms. The Kier molecular flexibility index (Phi) is 6.86. The molecule has 0 bridgehead atoms. The minimum absolute atomic E-state index is 0.00320. The van der Waals surface area contributed by atoms with Crippen molar-refractivity contribution in [2.45, 2.75) is 18.9 Å². The van der Waals surface area contributed by atoms with Gasteiger partial charge in [0.25, 0.3) is 0 Å². The van der Waals surface area contributed by atoms with Crippen LogP contribution in [0.3, 0.4) is 0 Å². The van der Waals surface area contributed by atoms with E-state index < -0.39 is 17.7 Å². The van der Waals surface area contributed by atoms with Crippen molar-refractivity contribution in [3.05, 3.63) is 82.8 Å². The number of hydrogen-bond donors (Lipinski definition) is 3. The number of phenolic OH excluding ortho intramolecular Hbond substituents is 1. The Bertz CT molecular complexity index is 1460. The van der Waals surface area contributed by atoms with Crippen molar-refractivity contribution in [1.29, 1.82) is 0 Å². The molecule has 190 valence electrons. The van der Waals surface area contributed by atoms with Gasteiger partial charge >= 0.3 is 0 Å². The fourth-order valence-electron chi connectivity index (χ4n) is 4.38. The minimum atomic E-state index is -0.812. The third-order valence-corrected chi connectivity index (χ3v) is 6.82. The van der Waals surface area contributed by atoms with Crippen LogP contribution in [0.15, 0.2) is 60.8 Å². The number of aromatic nitrogens is 1. The number of Topliss-reactive ketones (excluding diaryl/α,β-unsaturated/α-hetero) is 1. The van der Waals surface area contributed by atoms with Gasteiger partial charge in [0.2, 0.25) is 0 Å². The molecule has 3 aromatic carbocycles. The highest BCUT2D eigenvalue weighted by molar-refractivity contribution is 6.32. The van der Waals surface area contributed by atoms with Crippen LogP contribution >= 0.6 is 11.6 Å². The van der Waals surface area contributed by atoms with E-state index in [0.717, 1.165) is 24.1 Å². The van der Waals surface area contributed by atoms with Gasteiger partial charge in [0.1, 0.15) is 0 Å². The molecule has 1 aliphatic carbocycles. The normalized spacial score (nSPS) is 14.2. The number of hydrogen-bond acceptors (Lipinski definition) is 6. The summed E-state index contributed by atoms with van der Waals surface area (Å²) < 4.78 is 14.2. The summed E-state index contributed by atoms with van der Waals surface area (Å²) in [6.07, 6.45) is 2.72. The molecule has 1 heterocycles. The molecule has 1 aliphatic rings. The standard InChI is InChI=1S/C29H27ClFN3O3/c1-34(2)15-26(35)16-5-8-20(9-6-16)33-27-21-11-18(19-12-23(30)29(37)24(31)13-19)7-10-25(21)32-14-22(27)28(36)17-3-4-17/h5-14,17,26,35,37H,3-4,15H2,1-2H3,(H,32,33). The number of rotatable bonds is 8. The molecular formula is C29H27ClFN3O3. The van der Waals surface area contributed by atoms with Gasteiger partial charge in [0, 0.05) is 29.7 Å². The largest absolute Gasteiger partial charge is 0.504 e. The molecule has 3 N–H and O–H groups in total. The summed E-state index contributed by atoms with van der Waals surface area (Å²) in [5.74, 6) is -1.37. The lowest BCUT2D eigenvalue weighted by molar-refractivity contribution is 0.0968. The molecule has 1 unspecified atom stereocenters. The number of nitrogens with zero attached hydrogens (tertiary/aromatic N) is 2. The zero-order chi connectivity index (χ0) is 26.3. The van der Waals surface area contributed by atoms with E-state index in [1.807, 2.05) is 49.3 Å². The first kappa shape index (κ1) is 25.1. The van der Waals surface area contributed by atoms with Crippen LogP contribution in [0.2, 0.25) is 5.02 Å². The average Bonchev–Trinajstić information content (AvgIpc) is 3.72. The Hall–Kier alpha value is -3.52. The number of anilines is 2. The number of benzene rings is 3. The number of pyridine rings is 1. The summed E-state index contributed by atoms with van der Waals surface area (Å²) in [4.78, 5) is 19.6. The van der Waals surface area contributed by atoms with Gasteiger partial charge in [0.15, 0.2) is 17.3 Å². The molecule has 5 rings (SSSR count). The first-order valence-corrected chi connectivity index (χ1v) is 12.4. The van der Waals surface area contributed by atoms with E-state index in [4.69, 9.17) is 11.6 Å². The van der Waals surface area contributed by atoms with E-state index in [1.165, 1.54) is 12.1 Å². The highest BCUT2D eigenvalue weighted by atomic mass is 35.5. The average molecular weight is 520 g/mol. The maximum Gasteiger partial charge on any atom is 0.170 e. The minimum Gasteiger partial charge on any atom is -0.504 e. The van der Waals surface area contributed by atoms with E-state index in [9.17, 15) is 19.4 Å². The van der Waals surface area contributed by atoms with Gasteiger partial charge in [-0.15, -0.1) is 0 Å². The molecule has 8 heteroatoms. The number of aliphatic hydroxyl groups excluding tert-OH is 1. The van der Waals surface area contributed by atoms with Crippen LogP contribution in [0.1, 0.15) is 34.9 Å². The quantitative estimate of drug-likeness (QED) is 0.236. The Balaban J connectivity index is 1.58. The van der Waals surface area contributed by atoms with Gasteiger partial charge in [0.05, 0.1) is 27.9 Å². The SMILES string of the molecule is CN(C)CC(O)c1ccc(Nc2c(C(=O)C3CC3)cnc3ccc(-c4cc(F)c(O)c(Cl)c4)cc23)cc1. The zero-order valence-electron chi connectivity index (χ0n) is 20.5. The molecule has 6 nitrogen and oxygen atoms in total. The van der Waals surface area contributed by atoms with Crippen LogP contribution in [-0.2, 0) is 0 Å². The van der Waals surface area contributed by atoms with Crippen LogP contribution < -0.4 is 5.32 Å². The number of aromatic hydroxyl groups is 1. The second kappa shape index (κ2) is 10.1. The number of carbonyl (C=O) groups is 1. The van der Waals surface area contributed by atoms with Gasteiger partial charge in [-0.25, -0.2) is 4.39 Å². The number of likely N-dealkylation sites (N-methyl/N-ethyl adjacent to an activating group) is 1. The third kappa shape index (κ3) is 5.30. The molecule has 1 atom stereocenters. The Labute approximate surface area is 219 Å². The number of phenols is 1. The lowest BCUT2D eigenvalue weighted by Gasteiger charge is -2.18. The molecule has 1 saturated carbocycles. The molecule has 37 heavy (non-hydrogen) atoms. The van der Waals surface area contributed by atoms with Crippen molar-refractivity contribution < 1.29 is 19.4 Å². The molecule has 4 aromatic rings. The zero-order valence-corrected chi connectivity index (χ0v) is 21.3. The number of ketones is 1. The summed E-state index contributed by atoms with van der Waals surface area (Å²) >= 11 is 6.02. The molecule has 1 fully saturated rings. The number of nitrogens with one attached hydrogen (secondary N) is 1. The second-order valence-corrected chi connectivity index (χ2v) is 10.1. The van der Waals surface area contributed by atoms with Gasteiger partial charge < -0.3 is 20.4 Å². The van der Waals surface area contributed by atoms with E-state index in [1.54, 1.807) is 18.3 Å². The fourth-order valence-corrected chi connectivity index (χ4v) is 4.58. The lowest BCUT2D eigenvalue weighted by atomic mass is 9.98. The smallest absolute Gasteiger partial charge is 0.170 e. The molecular weight excluding hydrogens is 493 g/mol. The predicted molar refractivity (Wildman–Crippen MR) is 144 cm³/mol. The molecule has 0 radical (unpaired) electrons. The number of halogens is 2. The fraction of sp³-hybridized carbons (Fsp3) is 0.241. The Morgan fingerprint density at radius 2 is 1.86 bits per heavy atom. The predicted octanol–water partition coefficient (Wildman–Crippen LogP) is 6.33. The molecule has 0 saturated heterocycles. The van der Waals surface area contributed by atoms with Crippen molar-refractivity contribution in [2.75, 3.05) is 26.0 Å². The first-order valence-electron chi connectivity index (χ1n) is 12.1. The lowest BCUT2D eigenvalue weighted by Crippen LogP contribution is -2.19. The van der Waals surface area contributed by atoms with Crippen molar-refractivity contribution in [2.24, 2.45) is 5.92 Å². The molecule has 0 amide bonds. The van der Waals surface area contributed by atoms with Crippen molar-refractivity contribution in [3.63, 3.8) is 0 Å². The van der Waals surface area contributed by atoms with Crippen LogP contribution in [-0.4, -0.2) is 46.5 Å². The molecule has 1 aromatic heterocycles. The van der Waals surface area contributed by atoms with E-state index >= 15 is 0 Å². The molecule has 0 aliphatic heterocycles. The van der Waals surface area contributed by atoms with Crippen LogP contribution in [0, 0.1) is 11.7 Å². The van der Waals surface area contributed by atoms with Crippen molar-refractivity contribution >= 4 is 39.7 Å². The Morgan fingerprint density at radius 3 is 2.51 bits per heavy atom. The van der Waals surface area contributed by atoms with E-state index in [2.05, 4.69) is 10.3 Å². The first-order chi connectivity index (χ1) is 17.7. The maximum atomic E-state index is 14.2. The summed E-state index contributed by atoms with van der Waals surface area (Å²) in [6.45, 7) is 0.506.